The topological polar surface area (TPSA) is 9.23 Å². The third-order valence-electron chi connectivity index (χ3n) is 4.15. The van der Waals surface area contributed by atoms with E-state index >= 15 is 0 Å². The van der Waals surface area contributed by atoms with Crippen LogP contribution in [0, 0.1) is 31.3 Å². The predicted octanol–water partition coefficient (Wildman–Crippen LogP) is 6.52. The van der Waals surface area contributed by atoms with Crippen LogP contribution in [-0.2, 0) is 6.11 Å². The Bertz CT molecular complexity index is 981. The van der Waals surface area contributed by atoms with Gasteiger partial charge in [-0.1, -0.05) is 42.0 Å². The van der Waals surface area contributed by atoms with Gasteiger partial charge in [0.05, 0.1) is 5.56 Å². The molecule has 0 aromatic heterocycles. The highest BCUT2D eigenvalue weighted by Gasteiger charge is 2.39. The molecule has 140 valence electrons. The van der Waals surface area contributed by atoms with E-state index in [1.54, 1.807) is 12.1 Å². The van der Waals surface area contributed by atoms with Crippen molar-refractivity contribution >= 4 is 0 Å². The lowest BCUT2D eigenvalue weighted by Gasteiger charge is -2.20. The molecule has 0 aliphatic carbocycles. The maximum atomic E-state index is 14.4. The minimum atomic E-state index is -4.18. The molecule has 3 aromatic rings. The molecular formula is C21H15F5O. The Hall–Kier alpha value is -2.89. The van der Waals surface area contributed by atoms with E-state index in [4.69, 9.17) is 0 Å². The minimum Gasteiger partial charge on any atom is -0.426 e. The molecule has 0 unspecified atom stereocenters. The Morgan fingerprint density at radius 3 is 2.00 bits per heavy atom. The summed E-state index contributed by atoms with van der Waals surface area (Å²) >= 11 is 0. The van der Waals surface area contributed by atoms with Crippen LogP contribution in [0.2, 0.25) is 0 Å². The van der Waals surface area contributed by atoms with Gasteiger partial charge in [-0.15, -0.1) is 0 Å². The van der Waals surface area contributed by atoms with Crippen molar-refractivity contribution in [3.8, 4) is 16.9 Å². The van der Waals surface area contributed by atoms with E-state index in [0.29, 0.717) is 11.1 Å². The van der Waals surface area contributed by atoms with E-state index in [0.717, 1.165) is 29.8 Å². The van der Waals surface area contributed by atoms with Crippen molar-refractivity contribution in [3.05, 3.63) is 88.7 Å². The number of benzene rings is 3. The van der Waals surface area contributed by atoms with Gasteiger partial charge in [0, 0.05) is 0 Å². The fourth-order valence-corrected chi connectivity index (χ4v) is 2.58. The van der Waals surface area contributed by atoms with Gasteiger partial charge in [0.2, 0.25) is 5.82 Å². The Morgan fingerprint density at radius 2 is 1.37 bits per heavy atom. The van der Waals surface area contributed by atoms with E-state index in [2.05, 4.69) is 4.74 Å². The van der Waals surface area contributed by atoms with Gasteiger partial charge in [-0.2, -0.15) is 13.2 Å². The van der Waals surface area contributed by atoms with Crippen molar-refractivity contribution in [2.45, 2.75) is 20.0 Å². The highest BCUT2D eigenvalue weighted by Crippen LogP contribution is 2.36. The van der Waals surface area contributed by atoms with Crippen LogP contribution >= 0.6 is 0 Å². The van der Waals surface area contributed by atoms with Crippen LogP contribution < -0.4 is 4.74 Å². The van der Waals surface area contributed by atoms with Crippen molar-refractivity contribution in [3.63, 3.8) is 0 Å². The van der Waals surface area contributed by atoms with E-state index < -0.39 is 34.9 Å². The average Bonchev–Trinajstić information content (AvgIpc) is 2.62. The highest BCUT2D eigenvalue weighted by molar-refractivity contribution is 5.64. The number of ether oxygens (including phenoxy) is 1. The van der Waals surface area contributed by atoms with Crippen LogP contribution in [0.3, 0.4) is 0 Å². The lowest BCUT2D eigenvalue weighted by molar-refractivity contribution is -0.189. The summed E-state index contributed by atoms with van der Waals surface area (Å²) in [5.41, 5.74) is 0.931. The summed E-state index contributed by atoms with van der Waals surface area (Å²) in [6.45, 7) is 3.17. The normalized spacial score (nSPS) is 11.5. The first-order chi connectivity index (χ1) is 12.7. The molecule has 0 heterocycles. The standard InChI is InChI=1S/C21H15F5O/c1-12-3-6-14(7-4-12)15-8-9-16(17(22)11-15)21(25,26)27-18-10-5-13(2)19(23)20(18)24/h3-11H,1-2H3. The lowest BCUT2D eigenvalue weighted by atomic mass is 10.0. The molecule has 27 heavy (non-hydrogen) atoms. The van der Waals surface area contributed by atoms with Gasteiger partial charge in [0.15, 0.2) is 11.6 Å². The number of rotatable bonds is 4. The molecule has 0 amide bonds. The first-order valence-electron chi connectivity index (χ1n) is 8.07. The first kappa shape index (κ1) is 18.9. The molecule has 0 bridgehead atoms. The van der Waals surface area contributed by atoms with Crippen LogP contribution in [0.4, 0.5) is 22.0 Å². The smallest absolute Gasteiger partial charge is 0.426 e. The maximum Gasteiger partial charge on any atom is 0.429 e. The summed E-state index contributed by atoms with van der Waals surface area (Å²) in [5.74, 6) is -5.05. The van der Waals surface area contributed by atoms with E-state index in [-0.39, 0.29) is 5.56 Å². The van der Waals surface area contributed by atoms with Crippen molar-refractivity contribution < 1.29 is 26.7 Å². The summed E-state index contributed by atoms with van der Waals surface area (Å²) in [5, 5.41) is 0. The predicted molar refractivity (Wildman–Crippen MR) is 92.2 cm³/mol. The monoisotopic (exact) mass is 378 g/mol. The second-order valence-electron chi connectivity index (χ2n) is 6.19. The zero-order valence-electron chi connectivity index (χ0n) is 14.5. The molecule has 0 aliphatic heterocycles. The van der Waals surface area contributed by atoms with Gasteiger partial charge >= 0.3 is 6.11 Å². The summed E-state index contributed by atoms with van der Waals surface area (Å²) in [6, 6.07) is 12.2. The summed E-state index contributed by atoms with van der Waals surface area (Å²) in [7, 11) is 0. The van der Waals surface area contributed by atoms with Crippen molar-refractivity contribution in [1.82, 2.24) is 0 Å². The summed E-state index contributed by atoms with van der Waals surface area (Å²) in [4.78, 5) is 0. The SMILES string of the molecule is Cc1ccc(-c2ccc(C(F)(F)Oc3ccc(C)c(F)c3F)c(F)c2)cc1. The quantitative estimate of drug-likeness (QED) is 0.470. The summed E-state index contributed by atoms with van der Waals surface area (Å²) in [6.07, 6.45) is -4.18. The molecule has 3 rings (SSSR count). The van der Waals surface area contributed by atoms with Gasteiger partial charge in [-0.25, -0.2) is 8.78 Å². The molecule has 0 atom stereocenters. The van der Waals surface area contributed by atoms with Crippen molar-refractivity contribution in [2.24, 2.45) is 0 Å². The lowest BCUT2D eigenvalue weighted by Crippen LogP contribution is -2.24. The second-order valence-corrected chi connectivity index (χ2v) is 6.19. The molecule has 0 fully saturated rings. The number of halogens is 5. The van der Waals surface area contributed by atoms with Crippen LogP contribution in [-0.4, -0.2) is 0 Å². The Morgan fingerprint density at radius 1 is 0.741 bits per heavy atom. The number of hydrogen-bond acceptors (Lipinski definition) is 1. The molecular weight excluding hydrogens is 363 g/mol. The fourth-order valence-electron chi connectivity index (χ4n) is 2.58. The maximum absolute atomic E-state index is 14.4. The van der Waals surface area contributed by atoms with Crippen LogP contribution in [0.15, 0.2) is 54.6 Å². The molecule has 6 heteroatoms. The minimum absolute atomic E-state index is 0.0585. The highest BCUT2D eigenvalue weighted by atomic mass is 19.3. The van der Waals surface area contributed by atoms with Gasteiger partial charge in [0.1, 0.15) is 5.82 Å². The molecule has 0 spiro atoms. The summed E-state index contributed by atoms with van der Waals surface area (Å²) < 4.78 is 74.7. The zero-order valence-corrected chi connectivity index (χ0v) is 14.5. The molecule has 0 aliphatic rings. The van der Waals surface area contributed by atoms with Gasteiger partial charge < -0.3 is 4.74 Å². The zero-order chi connectivity index (χ0) is 19.8. The van der Waals surface area contributed by atoms with E-state index in [9.17, 15) is 22.0 Å². The molecule has 0 N–H and O–H groups in total. The Balaban J connectivity index is 1.93. The van der Waals surface area contributed by atoms with Crippen LogP contribution in [0.5, 0.6) is 5.75 Å². The van der Waals surface area contributed by atoms with Crippen LogP contribution in [0.1, 0.15) is 16.7 Å². The molecule has 3 aromatic carbocycles. The third-order valence-corrected chi connectivity index (χ3v) is 4.15. The number of aryl methyl sites for hydroxylation is 2. The largest absolute Gasteiger partial charge is 0.429 e. The van der Waals surface area contributed by atoms with Gasteiger partial charge in [-0.05, 0) is 48.7 Å². The van der Waals surface area contributed by atoms with E-state index in [1.165, 1.54) is 13.0 Å². The van der Waals surface area contributed by atoms with Crippen molar-refractivity contribution in [1.29, 1.82) is 0 Å². The molecule has 0 saturated heterocycles. The Labute approximate surface area is 153 Å². The molecule has 0 saturated carbocycles. The van der Waals surface area contributed by atoms with E-state index in [1.807, 2.05) is 19.1 Å². The van der Waals surface area contributed by atoms with Crippen LogP contribution in [0.25, 0.3) is 11.1 Å². The third kappa shape index (κ3) is 3.79. The molecule has 0 radical (unpaired) electrons. The van der Waals surface area contributed by atoms with Gasteiger partial charge in [-0.3, -0.25) is 0 Å². The Kier molecular flexibility index (Phi) is 4.91. The number of hydrogen-bond donors (Lipinski definition) is 0. The average molecular weight is 378 g/mol. The second kappa shape index (κ2) is 7.02. The first-order valence-corrected chi connectivity index (χ1v) is 8.07. The van der Waals surface area contributed by atoms with Gasteiger partial charge in [0.25, 0.3) is 0 Å². The van der Waals surface area contributed by atoms with Crippen molar-refractivity contribution in [2.75, 3.05) is 0 Å². The number of alkyl halides is 2. The fraction of sp³-hybridized carbons (Fsp3) is 0.143. The molecule has 1 nitrogen and oxygen atoms in total.